The number of anilines is 1. The topological polar surface area (TPSA) is 52.7 Å². The number of halogens is 3. The third-order valence-electron chi connectivity index (χ3n) is 4.95. The Balaban J connectivity index is 1.82. The summed E-state index contributed by atoms with van der Waals surface area (Å²) in [5.74, 6) is -0.430. The molecule has 8 heteroatoms. The van der Waals surface area contributed by atoms with Gasteiger partial charge in [-0.3, -0.25) is 14.5 Å². The van der Waals surface area contributed by atoms with E-state index in [9.17, 15) is 22.8 Å². The molecule has 0 radical (unpaired) electrons. The predicted molar refractivity (Wildman–Crippen MR) is 103 cm³/mol. The van der Waals surface area contributed by atoms with E-state index in [0.29, 0.717) is 26.2 Å². The molecule has 0 bridgehead atoms. The van der Waals surface area contributed by atoms with Gasteiger partial charge in [-0.2, -0.15) is 13.2 Å². The molecule has 1 saturated heterocycles. The molecule has 0 aromatic heterocycles. The van der Waals surface area contributed by atoms with Gasteiger partial charge in [-0.1, -0.05) is 36.4 Å². The maximum Gasteiger partial charge on any atom is 0.416 e. The van der Waals surface area contributed by atoms with Crippen LogP contribution in [0.1, 0.15) is 24.1 Å². The lowest BCUT2D eigenvalue weighted by molar-refractivity contribution is -0.137. The molecule has 1 unspecified atom stereocenters. The summed E-state index contributed by atoms with van der Waals surface area (Å²) in [5, 5.41) is 2.62. The Labute approximate surface area is 167 Å². The zero-order valence-electron chi connectivity index (χ0n) is 15.9. The number of alkyl halides is 3. The van der Waals surface area contributed by atoms with Gasteiger partial charge in [0, 0.05) is 38.8 Å². The number of amides is 2. The smallest absolute Gasteiger partial charge is 0.340 e. The largest absolute Gasteiger partial charge is 0.416 e. The molecule has 1 aliphatic heterocycles. The van der Waals surface area contributed by atoms with Crippen LogP contribution in [0.5, 0.6) is 0 Å². The molecule has 0 saturated carbocycles. The first-order valence-corrected chi connectivity index (χ1v) is 9.28. The molecule has 154 valence electrons. The van der Waals surface area contributed by atoms with Crippen molar-refractivity contribution in [2.75, 3.05) is 31.5 Å². The van der Waals surface area contributed by atoms with Crippen molar-refractivity contribution in [3.05, 3.63) is 65.7 Å². The second-order valence-electron chi connectivity index (χ2n) is 6.92. The minimum atomic E-state index is -4.48. The second kappa shape index (κ2) is 8.65. The van der Waals surface area contributed by atoms with Gasteiger partial charge in [0.2, 0.25) is 11.8 Å². The number of nitrogens with zero attached hydrogens (tertiary/aromatic N) is 2. The van der Waals surface area contributed by atoms with E-state index in [1.54, 1.807) is 4.90 Å². The number of carbonyl (C=O) groups excluding carboxylic acids is 2. The van der Waals surface area contributed by atoms with Crippen molar-refractivity contribution in [3.63, 3.8) is 0 Å². The van der Waals surface area contributed by atoms with Crippen molar-refractivity contribution in [2.45, 2.75) is 19.1 Å². The van der Waals surface area contributed by atoms with E-state index in [4.69, 9.17) is 0 Å². The predicted octanol–water partition coefficient (Wildman–Crippen LogP) is 3.55. The van der Waals surface area contributed by atoms with E-state index in [-0.39, 0.29) is 11.6 Å². The lowest BCUT2D eigenvalue weighted by Gasteiger charge is -2.38. The Hall–Kier alpha value is -2.87. The number of hydrogen-bond acceptors (Lipinski definition) is 3. The van der Waals surface area contributed by atoms with Crippen LogP contribution in [0, 0.1) is 0 Å². The Kier molecular flexibility index (Phi) is 6.22. The summed E-state index contributed by atoms with van der Waals surface area (Å²) >= 11 is 0. The lowest BCUT2D eigenvalue weighted by atomic mass is 10.0. The van der Waals surface area contributed by atoms with Gasteiger partial charge < -0.3 is 10.2 Å². The number of benzene rings is 2. The van der Waals surface area contributed by atoms with Crippen LogP contribution in [0.3, 0.4) is 0 Å². The molecule has 0 aliphatic carbocycles. The first-order valence-electron chi connectivity index (χ1n) is 9.28. The molecule has 1 atom stereocenters. The van der Waals surface area contributed by atoms with Gasteiger partial charge in [0.15, 0.2) is 0 Å². The van der Waals surface area contributed by atoms with Crippen LogP contribution in [-0.2, 0) is 15.8 Å². The van der Waals surface area contributed by atoms with Crippen LogP contribution in [0.25, 0.3) is 0 Å². The number of rotatable bonds is 4. The highest BCUT2D eigenvalue weighted by molar-refractivity contribution is 5.95. The molecule has 1 N–H and O–H groups in total. The summed E-state index contributed by atoms with van der Waals surface area (Å²) < 4.78 is 38.9. The van der Waals surface area contributed by atoms with E-state index in [1.807, 2.05) is 35.2 Å². The van der Waals surface area contributed by atoms with Gasteiger partial charge in [-0.15, -0.1) is 0 Å². The Bertz CT molecular complexity index is 863. The molecular weight excluding hydrogens is 383 g/mol. The highest BCUT2D eigenvalue weighted by atomic mass is 19.4. The summed E-state index contributed by atoms with van der Waals surface area (Å²) in [6.45, 7) is 3.49. The minimum Gasteiger partial charge on any atom is -0.340 e. The normalized spacial score (nSPS) is 16.3. The van der Waals surface area contributed by atoms with Crippen molar-refractivity contribution in [1.29, 1.82) is 0 Å². The number of nitrogens with one attached hydrogen (secondary N) is 1. The van der Waals surface area contributed by atoms with Crippen LogP contribution < -0.4 is 5.32 Å². The first kappa shape index (κ1) is 20.9. The lowest BCUT2D eigenvalue weighted by Crippen LogP contribution is -2.51. The average molecular weight is 405 g/mol. The molecule has 29 heavy (non-hydrogen) atoms. The van der Waals surface area contributed by atoms with Crippen LogP contribution in [0.15, 0.2) is 54.6 Å². The molecule has 3 rings (SSSR count). The fraction of sp³-hybridized carbons (Fsp3) is 0.333. The zero-order valence-corrected chi connectivity index (χ0v) is 15.9. The Morgan fingerprint density at radius 2 is 1.62 bits per heavy atom. The fourth-order valence-electron chi connectivity index (χ4n) is 3.44. The monoisotopic (exact) mass is 405 g/mol. The maximum absolute atomic E-state index is 13.1. The molecule has 2 amide bonds. The van der Waals surface area contributed by atoms with Crippen LogP contribution in [-0.4, -0.2) is 47.8 Å². The minimum absolute atomic E-state index is 0.0191. The SMILES string of the molecule is CC(=O)N1CCN(C(C(=O)Nc2cccc(C(F)(F)F)c2)c2ccccc2)CC1. The Morgan fingerprint density at radius 1 is 0.966 bits per heavy atom. The third-order valence-corrected chi connectivity index (χ3v) is 4.95. The molecular formula is C21H22F3N3O2. The first-order chi connectivity index (χ1) is 13.8. The maximum atomic E-state index is 13.1. The highest BCUT2D eigenvalue weighted by Gasteiger charge is 2.33. The van der Waals surface area contributed by atoms with E-state index >= 15 is 0 Å². The highest BCUT2D eigenvalue weighted by Crippen LogP contribution is 2.31. The molecule has 2 aromatic rings. The number of carbonyl (C=O) groups is 2. The van der Waals surface area contributed by atoms with Gasteiger partial charge in [0.05, 0.1) is 5.56 Å². The van der Waals surface area contributed by atoms with Gasteiger partial charge >= 0.3 is 6.18 Å². The van der Waals surface area contributed by atoms with E-state index in [0.717, 1.165) is 17.7 Å². The summed E-state index contributed by atoms with van der Waals surface area (Å²) in [7, 11) is 0. The van der Waals surface area contributed by atoms with Gasteiger partial charge in [-0.25, -0.2) is 0 Å². The van der Waals surface area contributed by atoms with Crippen molar-refractivity contribution >= 4 is 17.5 Å². The van der Waals surface area contributed by atoms with Crippen LogP contribution >= 0.6 is 0 Å². The van der Waals surface area contributed by atoms with Crippen LogP contribution in [0.4, 0.5) is 18.9 Å². The average Bonchev–Trinajstić information content (AvgIpc) is 2.69. The fourth-order valence-corrected chi connectivity index (χ4v) is 3.44. The second-order valence-corrected chi connectivity index (χ2v) is 6.92. The van der Waals surface area contributed by atoms with Gasteiger partial charge in [0.1, 0.15) is 6.04 Å². The summed E-state index contributed by atoms with van der Waals surface area (Å²) in [4.78, 5) is 28.3. The molecule has 2 aromatic carbocycles. The molecule has 1 heterocycles. The van der Waals surface area contributed by atoms with Crippen LogP contribution in [0.2, 0.25) is 0 Å². The summed E-state index contributed by atoms with van der Waals surface area (Å²) in [5.41, 5.74) is 0.0167. The summed E-state index contributed by atoms with van der Waals surface area (Å²) in [6.07, 6.45) is -4.48. The van der Waals surface area contributed by atoms with E-state index in [1.165, 1.54) is 19.1 Å². The molecule has 0 spiro atoms. The van der Waals surface area contributed by atoms with Crippen molar-refractivity contribution < 1.29 is 22.8 Å². The summed E-state index contributed by atoms with van der Waals surface area (Å²) in [6, 6.07) is 13.0. The van der Waals surface area contributed by atoms with Crippen molar-refractivity contribution in [2.24, 2.45) is 0 Å². The number of hydrogen-bond donors (Lipinski definition) is 1. The number of piperazine rings is 1. The van der Waals surface area contributed by atoms with Gasteiger partial charge in [-0.05, 0) is 23.8 Å². The molecule has 1 aliphatic rings. The molecule has 1 fully saturated rings. The Morgan fingerprint density at radius 3 is 2.21 bits per heavy atom. The third kappa shape index (κ3) is 5.14. The standard InChI is InChI=1S/C21H22F3N3O2/c1-15(28)26-10-12-27(13-11-26)19(16-6-3-2-4-7-16)20(29)25-18-9-5-8-17(14-18)21(22,23)24/h2-9,14,19H,10-13H2,1H3,(H,25,29). The van der Waals surface area contributed by atoms with E-state index < -0.39 is 23.7 Å². The quantitative estimate of drug-likeness (QED) is 0.847. The molecule has 5 nitrogen and oxygen atoms in total. The van der Waals surface area contributed by atoms with E-state index in [2.05, 4.69) is 5.32 Å². The van der Waals surface area contributed by atoms with Gasteiger partial charge in [0.25, 0.3) is 0 Å². The van der Waals surface area contributed by atoms with Crippen molar-refractivity contribution in [3.8, 4) is 0 Å². The zero-order chi connectivity index (χ0) is 21.0. The van der Waals surface area contributed by atoms with Crippen molar-refractivity contribution in [1.82, 2.24) is 9.80 Å².